The molecule has 2 aliphatic rings. The van der Waals surface area contributed by atoms with Crippen LogP contribution < -0.4 is 21.3 Å². The summed E-state index contributed by atoms with van der Waals surface area (Å²) < 4.78 is 26.9. The second-order valence-corrected chi connectivity index (χ2v) is 9.38. The maximum atomic E-state index is 13.4. The number of nitrogens with zero attached hydrogens (tertiary/aromatic N) is 2. The standard InChI is InChI=1S/C24H33F2N5O/c1-15-3-4-21-17(13-15)14-20(23(32)28-16(2)27)22(30-21)31-11-7-19(8-12-31)29-18-5-9-24(25,26)10-6-18/h3-4,13-14,16,18-19,29H,5-12,27H2,1-2H3,(H,28,32). The van der Waals surface area contributed by atoms with E-state index in [4.69, 9.17) is 10.7 Å². The normalized spacial score (nSPS) is 21.0. The van der Waals surface area contributed by atoms with Crippen LogP contribution in [0.3, 0.4) is 0 Å². The topological polar surface area (TPSA) is 83.3 Å². The van der Waals surface area contributed by atoms with Crippen LogP contribution in [-0.4, -0.2) is 48.2 Å². The predicted octanol–water partition coefficient (Wildman–Crippen LogP) is 3.71. The van der Waals surface area contributed by atoms with Crippen molar-refractivity contribution in [3.63, 3.8) is 0 Å². The minimum absolute atomic E-state index is 0.0258. The summed E-state index contributed by atoms with van der Waals surface area (Å²) in [7, 11) is 0. The first-order valence-electron chi connectivity index (χ1n) is 11.6. The molecule has 0 radical (unpaired) electrons. The van der Waals surface area contributed by atoms with Crippen molar-refractivity contribution in [1.82, 2.24) is 15.6 Å². The zero-order valence-electron chi connectivity index (χ0n) is 18.8. The molecule has 1 aromatic heterocycles. The third-order valence-electron chi connectivity index (χ3n) is 6.54. The number of nitrogens with two attached hydrogens (primary N) is 1. The zero-order valence-corrected chi connectivity index (χ0v) is 18.8. The number of alkyl halides is 2. The molecular weight excluding hydrogens is 412 g/mol. The largest absolute Gasteiger partial charge is 0.356 e. The third-order valence-corrected chi connectivity index (χ3v) is 6.54. The Hall–Kier alpha value is -2.32. The van der Waals surface area contributed by atoms with Crippen molar-refractivity contribution in [1.29, 1.82) is 0 Å². The molecule has 4 N–H and O–H groups in total. The summed E-state index contributed by atoms with van der Waals surface area (Å²) in [6.07, 6.45) is 2.32. The highest BCUT2D eigenvalue weighted by atomic mass is 19.3. The van der Waals surface area contributed by atoms with Gasteiger partial charge in [0.1, 0.15) is 5.82 Å². The average molecular weight is 446 g/mol. The van der Waals surface area contributed by atoms with Crippen molar-refractivity contribution in [3.05, 3.63) is 35.4 Å². The van der Waals surface area contributed by atoms with E-state index in [2.05, 4.69) is 15.5 Å². The van der Waals surface area contributed by atoms with E-state index in [9.17, 15) is 13.6 Å². The highest BCUT2D eigenvalue weighted by Gasteiger charge is 2.36. The Kier molecular flexibility index (Phi) is 6.62. The van der Waals surface area contributed by atoms with E-state index in [1.807, 2.05) is 31.2 Å². The van der Waals surface area contributed by atoms with E-state index in [0.717, 1.165) is 42.4 Å². The lowest BCUT2D eigenvalue weighted by Crippen LogP contribution is -2.48. The van der Waals surface area contributed by atoms with Gasteiger partial charge in [-0.2, -0.15) is 0 Å². The van der Waals surface area contributed by atoms with Gasteiger partial charge in [-0.05, 0) is 57.7 Å². The fourth-order valence-electron chi connectivity index (χ4n) is 4.78. The first kappa shape index (κ1) is 22.9. The number of hydrogen-bond acceptors (Lipinski definition) is 5. The maximum absolute atomic E-state index is 13.4. The van der Waals surface area contributed by atoms with Gasteiger partial charge in [-0.15, -0.1) is 0 Å². The van der Waals surface area contributed by atoms with Crippen molar-refractivity contribution >= 4 is 22.6 Å². The van der Waals surface area contributed by atoms with Crippen LogP contribution in [0.5, 0.6) is 0 Å². The zero-order chi connectivity index (χ0) is 22.9. The number of pyridine rings is 1. The first-order valence-corrected chi connectivity index (χ1v) is 11.6. The number of fused-ring (bicyclic) bond motifs is 1. The third kappa shape index (κ3) is 5.35. The smallest absolute Gasteiger partial charge is 0.256 e. The van der Waals surface area contributed by atoms with Gasteiger partial charge in [-0.1, -0.05) is 11.6 Å². The summed E-state index contributed by atoms with van der Waals surface area (Å²) in [4.78, 5) is 19.9. The van der Waals surface area contributed by atoms with Gasteiger partial charge in [0.25, 0.3) is 5.91 Å². The molecule has 32 heavy (non-hydrogen) atoms. The number of carbonyl (C=O) groups is 1. The number of rotatable bonds is 5. The molecule has 0 bridgehead atoms. The highest BCUT2D eigenvalue weighted by molar-refractivity contribution is 6.02. The molecule has 1 saturated carbocycles. The highest BCUT2D eigenvalue weighted by Crippen LogP contribution is 2.34. The van der Waals surface area contributed by atoms with E-state index >= 15 is 0 Å². The number of piperidine rings is 1. The van der Waals surface area contributed by atoms with Crippen molar-refractivity contribution in [3.8, 4) is 0 Å². The summed E-state index contributed by atoms with van der Waals surface area (Å²) in [6, 6.07) is 8.39. The van der Waals surface area contributed by atoms with Gasteiger partial charge >= 0.3 is 0 Å². The van der Waals surface area contributed by atoms with Gasteiger partial charge in [0.2, 0.25) is 5.92 Å². The van der Waals surface area contributed by atoms with Gasteiger partial charge < -0.3 is 21.3 Å². The fourth-order valence-corrected chi connectivity index (χ4v) is 4.78. The quantitative estimate of drug-likeness (QED) is 0.611. The summed E-state index contributed by atoms with van der Waals surface area (Å²) in [5.74, 6) is -2.05. The number of hydrogen-bond donors (Lipinski definition) is 3. The van der Waals surface area contributed by atoms with Crippen LogP contribution in [-0.2, 0) is 0 Å². The van der Waals surface area contributed by atoms with E-state index in [1.54, 1.807) is 6.92 Å². The second-order valence-electron chi connectivity index (χ2n) is 9.38. The van der Waals surface area contributed by atoms with Crippen LogP contribution in [0.4, 0.5) is 14.6 Å². The van der Waals surface area contributed by atoms with Gasteiger partial charge in [0.05, 0.1) is 17.2 Å². The minimum Gasteiger partial charge on any atom is -0.356 e. The average Bonchev–Trinajstić information content (AvgIpc) is 2.74. The molecule has 0 spiro atoms. The number of carbonyl (C=O) groups excluding carboxylic acids is 1. The molecular formula is C24H33F2N5O. The summed E-state index contributed by atoms with van der Waals surface area (Å²) in [5, 5.41) is 7.30. The predicted molar refractivity (Wildman–Crippen MR) is 123 cm³/mol. The number of nitrogens with one attached hydrogen (secondary N) is 2. The molecule has 1 unspecified atom stereocenters. The van der Waals surface area contributed by atoms with E-state index in [1.165, 1.54) is 0 Å². The summed E-state index contributed by atoms with van der Waals surface area (Å²) in [6.45, 7) is 5.25. The lowest BCUT2D eigenvalue weighted by atomic mass is 9.91. The van der Waals surface area contributed by atoms with Crippen LogP contribution in [0.1, 0.15) is 61.4 Å². The van der Waals surface area contributed by atoms with Gasteiger partial charge in [0, 0.05) is 43.4 Å². The Morgan fingerprint density at radius 3 is 2.47 bits per heavy atom. The molecule has 1 aliphatic carbocycles. The number of benzene rings is 1. The van der Waals surface area contributed by atoms with Crippen LogP contribution in [0.15, 0.2) is 24.3 Å². The summed E-state index contributed by atoms with van der Waals surface area (Å²) >= 11 is 0. The number of anilines is 1. The number of aromatic nitrogens is 1. The van der Waals surface area contributed by atoms with Crippen LogP contribution >= 0.6 is 0 Å². The molecule has 2 heterocycles. The number of amides is 1. The van der Waals surface area contributed by atoms with Gasteiger partial charge in [-0.25, -0.2) is 13.8 Å². The molecule has 1 atom stereocenters. The van der Waals surface area contributed by atoms with Crippen LogP contribution in [0, 0.1) is 6.92 Å². The molecule has 1 saturated heterocycles. The maximum Gasteiger partial charge on any atom is 0.256 e. The Balaban J connectivity index is 1.48. The molecule has 6 nitrogen and oxygen atoms in total. The van der Waals surface area contributed by atoms with Crippen molar-refractivity contribution in [2.75, 3.05) is 18.0 Å². The van der Waals surface area contributed by atoms with E-state index in [-0.39, 0.29) is 24.8 Å². The molecule has 8 heteroatoms. The first-order chi connectivity index (χ1) is 15.2. The van der Waals surface area contributed by atoms with Gasteiger partial charge in [0.15, 0.2) is 0 Å². The SMILES string of the molecule is Cc1ccc2nc(N3CCC(NC4CCC(F)(F)CC4)CC3)c(C(=O)NC(C)N)cc2c1. The van der Waals surface area contributed by atoms with Crippen LogP contribution in [0.2, 0.25) is 0 Å². The Morgan fingerprint density at radius 2 is 1.81 bits per heavy atom. The molecule has 1 aliphatic heterocycles. The Labute approximate surface area is 187 Å². The number of aryl methyl sites for hydroxylation is 1. The molecule has 1 aromatic carbocycles. The second kappa shape index (κ2) is 9.27. The van der Waals surface area contributed by atoms with Gasteiger partial charge in [-0.3, -0.25) is 4.79 Å². The molecule has 2 aromatic rings. The minimum atomic E-state index is -2.50. The monoisotopic (exact) mass is 445 g/mol. The van der Waals surface area contributed by atoms with E-state index in [0.29, 0.717) is 30.3 Å². The Morgan fingerprint density at radius 1 is 1.16 bits per heavy atom. The number of halogens is 2. The van der Waals surface area contributed by atoms with Crippen molar-refractivity contribution < 1.29 is 13.6 Å². The van der Waals surface area contributed by atoms with E-state index < -0.39 is 12.1 Å². The van der Waals surface area contributed by atoms with Crippen molar-refractivity contribution in [2.24, 2.45) is 5.73 Å². The van der Waals surface area contributed by atoms with Crippen LogP contribution in [0.25, 0.3) is 10.9 Å². The fraction of sp³-hybridized carbons (Fsp3) is 0.583. The lowest BCUT2D eigenvalue weighted by Gasteiger charge is -2.37. The lowest BCUT2D eigenvalue weighted by molar-refractivity contribution is -0.0414. The molecule has 174 valence electrons. The summed E-state index contributed by atoms with van der Waals surface area (Å²) in [5.41, 5.74) is 8.29. The molecule has 4 rings (SSSR count). The van der Waals surface area contributed by atoms with Crippen molar-refractivity contribution in [2.45, 2.75) is 76.5 Å². The molecule has 1 amide bonds. The Bertz CT molecular complexity index is 962. The molecule has 2 fully saturated rings.